The van der Waals surface area contributed by atoms with Crippen molar-refractivity contribution in [2.45, 2.75) is 19.9 Å². The molecule has 0 unspecified atom stereocenters. The van der Waals surface area contributed by atoms with Gasteiger partial charge in [0.05, 0.1) is 6.04 Å². The summed E-state index contributed by atoms with van der Waals surface area (Å²) in [6.45, 7) is 4.02. The summed E-state index contributed by atoms with van der Waals surface area (Å²) in [6.07, 6.45) is 0. The lowest BCUT2D eigenvalue weighted by molar-refractivity contribution is 0.624. The van der Waals surface area contributed by atoms with E-state index < -0.39 is 0 Å². The van der Waals surface area contributed by atoms with E-state index in [-0.39, 0.29) is 11.9 Å². The van der Waals surface area contributed by atoms with Gasteiger partial charge in [-0.1, -0.05) is 29.8 Å². The van der Waals surface area contributed by atoms with Crippen molar-refractivity contribution in [3.8, 4) is 0 Å². The maximum atomic E-state index is 12.9. The molecule has 0 aromatic heterocycles. The second kappa shape index (κ2) is 6.48. The van der Waals surface area contributed by atoms with E-state index in [0.717, 1.165) is 11.3 Å². The molecule has 2 N–H and O–H groups in total. The average molecular weight is 288 g/mol. The van der Waals surface area contributed by atoms with Crippen molar-refractivity contribution in [3.05, 3.63) is 65.5 Å². The van der Waals surface area contributed by atoms with Crippen LogP contribution in [0.5, 0.6) is 0 Å². The Morgan fingerprint density at radius 1 is 1.05 bits per heavy atom. The average Bonchev–Trinajstić information content (AvgIpc) is 2.42. The van der Waals surface area contributed by atoms with E-state index in [9.17, 15) is 4.39 Å². The number of benzene rings is 2. The Balaban J connectivity index is 1.93. The zero-order chi connectivity index (χ0) is 14.5. The van der Waals surface area contributed by atoms with Crippen LogP contribution in [0.3, 0.4) is 0 Å². The van der Waals surface area contributed by atoms with Gasteiger partial charge in [0.15, 0.2) is 5.11 Å². The first kappa shape index (κ1) is 14.5. The van der Waals surface area contributed by atoms with Crippen molar-refractivity contribution in [2.75, 3.05) is 5.32 Å². The monoisotopic (exact) mass is 288 g/mol. The minimum absolute atomic E-state index is 0.0149. The number of thiocarbonyl (C=S) groups is 1. The first-order chi connectivity index (χ1) is 9.54. The summed E-state index contributed by atoms with van der Waals surface area (Å²) in [5.41, 5.74) is 3.13. The molecule has 20 heavy (non-hydrogen) atoms. The van der Waals surface area contributed by atoms with Crippen LogP contribution in [0.2, 0.25) is 0 Å². The molecular weight excluding hydrogens is 271 g/mol. The molecule has 2 aromatic carbocycles. The topological polar surface area (TPSA) is 24.1 Å². The van der Waals surface area contributed by atoms with Crippen LogP contribution in [0.4, 0.5) is 10.1 Å². The Morgan fingerprint density at radius 2 is 1.65 bits per heavy atom. The predicted octanol–water partition coefficient (Wildman–Crippen LogP) is 4.18. The Labute approximate surface area is 124 Å². The summed E-state index contributed by atoms with van der Waals surface area (Å²) in [6, 6.07) is 14.4. The molecule has 0 bridgehead atoms. The number of anilines is 1. The van der Waals surface area contributed by atoms with Gasteiger partial charge in [0, 0.05) is 5.69 Å². The number of aryl methyl sites for hydroxylation is 1. The molecule has 2 aromatic rings. The maximum absolute atomic E-state index is 12.9. The summed E-state index contributed by atoms with van der Waals surface area (Å²) in [4.78, 5) is 0. The molecule has 2 nitrogen and oxygen atoms in total. The van der Waals surface area contributed by atoms with Crippen molar-refractivity contribution >= 4 is 23.0 Å². The molecule has 104 valence electrons. The highest BCUT2D eigenvalue weighted by molar-refractivity contribution is 7.80. The summed E-state index contributed by atoms with van der Waals surface area (Å²) in [7, 11) is 0. The maximum Gasteiger partial charge on any atom is 0.171 e. The highest BCUT2D eigenvalue weighted by Crippen LogP contribution is 2.14. The van der Waals surface area contributed by atoms with E-state index in [0.29, 0.717) is 5.11 Å². The standard InChI is InChI=1S/C16H17FN2S/c1-11-3-9-15(10-4-11)19-16(20)18-12(2)13-5-7-14(17)8-6-13/h3-10,12H,1-2H3,(H2,18,19,20)/t12-/m0/s1. The van der Waals surface area contributed by atoms with Gasteiger partial charge in [-0.15, -0.1) is 0 Å². The van der Waals surface area contributed by atoms with Crippen molar-refractivity contribution in [3.63, 3.8) is 0 Å². The Kier molecular flexibility index (Phi) is 4.69. The van der Waals surface area contributed by atoms with E-state index >= 15 is 0 Å². The fraction of sp³-hybridized carbons (Fsp3) is 0.188. The lowest BCUT2D eigenvalue weighted by Gasteiger charge is -2.17. The number of nitrogens with one attached hydrogen (secondary N) is 2. The number of halogens is 1. The summed E-state index contributed by atoms with van der Waals surface area (Å²) < 4.78 is 12.9. The molecule has 0 aliphatic carbocycles. The smallest absolute Gasteiger partial charge is 0.171 e. The van der Waals surface area contributed by atoms with Crippen LogP contribution in [0.15, 0.2) is 48.5 Å². The molecule has 4 heteroatoms. The first-order valence-electron chi connectivity index (χ1n) is 6.44. The fourth-order valence-electron chi connectivity index (χ4n) is 1.84. The van der Waals surface area contributed by atoms with E-state index in [1.165, 1.54) is 17.7 Å². The number of hydrogen-bond donors (Lipinski definition) is 2. The SMILES string of the molecule is Cc1ccc(NC(=S)N[C@@H](C)c2ccc(F)cc2)cc1. The van der Waals surface area contributed by atoms with Crippen LogP contribution in [0.25, 0.3) is 0 Å². The van der Waals surface area contributed by atoms with Gasteiger partial charge >= 0.3 is 0 Å². The van der Waals surface area contributed by atoms with Crippen LogP contribution < -0.4 is 10.6 Å². The van der Waals surface area contributed by atoms with Gasteiger partial charge in [-0.25, -0.2) is 4.39 Å². The van der Waals surface area contributed by atoms with Gasteiger partial charge in [-0.2, -0.15) is 0 Å². The Hall–Kier alpha value is -1.94. The zero-order valence-electron chi connectivity index (χ0n) is 11.5. The van der Waals surface area contributed by atoms with E-state index in [4.69, 9.17) is 12.2 Å². The fourth-order valence-corrected chi connectivity index (χ4v) is 2.13. The van der Waals surface area contributed by atoms with Crippen molar-refractivity contribution in [1.82, 2.24) is 5.32 Å². The molecule has 0 saturated carbocycles. The molecule has 0 fully saturated rings. The third-order valence-corrected chi connectivity index (χ3v) is 3.25. The summed E-state index contributed by atoms with van der Waals surface area (Å²) in [5.74, 6) is -0.235. The Bertz CT molecular complexity index is 578. The number of hydrogen-bond acceptors (Lipinski definition) is 1. The van der Waals surface area contributed by atoms with Crippen LogP contribution in [-0.2, 0) is 0 Å². The van der Waals surface area contributed by atoms with Crippen molar-refractivity contribution in [1.29, 1.82) is 0 Å². The molecule has 0 saturated heterocycles. The van der Waals surface area contributed by atoms with Crippen molar-refractivity contribution in [2.24, 2.45) is 0 Å². The number of rotatable bonds is 3. The van der Waals surface area contributed by atoms with Crippen LogP contribution in [-0.4, -0.2) is 5.11 Å². The molecule has 0 spiro atoms. The lowest BCUT2D eigenvalue weighted by atomic mass is 10.1. The lowest BCUT2D eigenvalue weighted by Crippen LogP contribution is -2.30. The van der Waals surface area contributed by atoms with E-state index in [1.54, 1.807) is 12.1 Å². The van der Waals surface area contributed by atoms with Crippen LogP contribution in [0, 0.1) is 12.7 Å². The molecule has 0 amide bonds. The van der Waals surface area contributed by atoms with E-state index in [2.05, 4.69) is 10.6 Å². The van der Waals surface area contributed by atoms with E-state index in [1.807, 2.05) is 38.1 Å². The van der Waals surface area contributed by atoms with Gasteiger partial charge in [0.25, 0.3) is 0 Å². The van der Waals surface area contributed by atoms with Gasteiger partial charge in [0.1, 0.15) is 5.82 Å². The molecule has 0 aliphatic rings. The first-order valence-corrected chi connectivity index (χ1v) is 6.85. The second-order valence-corrected chi connectivity index (χ2v) is 5.15. The second-order valence-electron chi connectivity index (χ2n) is 4.74. The molecule has 1 atom stereocenters. The molecule has 0 aliphatic heterocycles. The third-order valence-electron chi connectivity index (χ3n) is 3.03. The van der Waals surface area contributed by atoms with Crippen LogP contribution >= 0.6 is 12.2 Å². The summed E-state index contributed by atoms with van der Waals surface area (Å²) in [5, 5.41) is 6.85. The highest BCUT2D eigenvalue weighted by Gasteiger charge is 2.07. The minimum Gasteiger partial charge on any atom is -0.356 e. The summed E-state index contributed by atoms with van der Waals surface area (Å²) >= 11 is 5.27. The third kappa shape index (κ3) is 4.03. The van der Waals surface area contributed by atoms with Gasteiger partial charge in [-0.05, 0) is 55.9 Å². The molecule has 0 heterocycles. The van der Waals surface area contributed by atoms with Crippen LogP contribution in [0.1, 0.15) is 24.1 Å². The quantitative estimate of drug-likeness (QED) is 0.828. The molecule has 2 rings (SSSR count). The Morgan fingerprint density at radius 3 is 2.25 bits per heavy atom. The molecule has 0 radical (unpaired) electrons. The molecular formula is C16H17FN2S. The normalized spacial score (nSPS) is 11.8. The highest BCUT2D eigenvalue weighted by atomic mass is 32.1. The van der Waals surface area contributed by atoms with Gasteiger partial charge in [0.2, 0.25) is 0 Å². The zero-order valence-corrected chi connectivity index (χ0v) is 12.3. The van der Waals surface area contributed by atoms with Gasteiger partial charge < -0.3 is 10.6 Å². The van der Waals surface area contributed by atoms with Crippen molar-refractivity contribution < 1.29 is 4.39 Å². The van der Waals surface area contributed by atoms with Gasteiger partial charge in [-0.3, -0.25) is 0 Å². The minimum atomic E-state index is -0.235. The largest absolute Gasteiger partial charge is 0.356 e. The predicted molar refractivity (Wildman–Crippen MR) is 85.4 cm³/mol.